The molecule has 6 nitrogen and oxygen atoms in total. The van der Waals surface area contributed by atoms with Crippen molar-refractivity contribution in [2.45, 2.75) is 13.0 Å². The SMILES string of the molecule is O=C(NC[C@H]1CCN(c2ccc(F)cc2)C1)N1CCN(Cc2cccnc2)CC1. The molecule has 2 saturated heterocycles. The molecule has 154 valence electrons. The van der Waals surface area contributed by atoms with E-state index in [0.717, 1.165) is 57.9 Å². The van der Waals surface area contributed by atoms with Crippen LogP contribution in [0.15, 0.2) is 48.8 Å². The van der Waals surface area contributed by atoms with Gasteiger partial charge < -0.3 is 15.1 Å². The summed E-state index contributed by atoms with van der Waals surface area (Å²) < 4.78 is 13.1. The third kappa shape index (κ3) is 5.23. The fourth-order valence-electron chi connectivity index (χ4n) is 4.09. The molecule has 0 aliphatic carbocycles. The molecule has 2 aromatic rings. The number of nitrogens with zero attached hydrogens (tertiary/aromatic N) is 4. The molecule has 1 N–H and O–H groups in total. The van der Waals surface area contributed by atoms with Gasteiger partial charge in [0.1, 0.15) is 5.82 Å². The summed E-state index contributed by atoms with van der Waals surface area (Å²) >= 11 is 0. The maximum atomic E-state index is 13.1. The molecule has 1 aromatic carbocycles. The first-order valence-electron chi connectivity index (χ1n) is 10.3. The number of urea groups is 1. The van der Waals surface area contributed by atoms with Crippen LogP contribution in [-0.4, -0.2) is 66.6 Å². The number of halogens is 1. The number of hydrogen-bond donors (Lipinski definition) is 1. The van der Waals surface area contributed by atoms with Gasteiger partial charge in [-0.05, 0) is 48.2 Å². The van der Waals surface area contributed by atoms with Gasteiger partial charge in [0.15, 0.2) is 0 Å². The lowest BCUT2D eigenvalue weighted by Crippen LogP contribution is -2.52. The minimum Gasteiger partial charge on any atom is -0.371 e. The largest absolute Gasteiger partial charge is 0.371 e. The van der Waals surface area contributed by atoms with Crippen molar-refractivity contribution < 1.29 is 9.18 Å². The molecule has 1 aromatic heterocycles. The van der Waals surface area contributed by atoms with Crippen LogP contribution >= 0.6 is 0 Å². The Kier molecular flexibility index (Phi) is 6.24. The van der Waals surface area contributed by atoms with E-state index < -0.39 is 0 Å². The van der Waals surface area contributed by atoms with Crippen molar-refractivity contribution in [3.8, 4) is 0 Å². The highest BCUT2D eigenvalue weighted by atomic mass is 19.1. The number of aromatic nitrogens is 1. The van der Waals surface area contributed by atoms with Crippen LogP contribution in [0.3, 0.4) is 0 Å². The second-order valence-electron chi connectivity index (χ2n) is 7.89. The van der Waals surface area contributed by atoms with E-state index in [1.165, 1.54) is 17.7 Å². The minimum atomic E-state index is -0.211. The van der Waals surface area contributed by atoms with Gasteiger partial charge in [0.25, 0.3) is 0 Å². The van der Waals surface area contributed by atoms with Gasteiger partial charge in [-0.3, -0.25) is 9.88 Å². The summed E-state index contributed by atoms with van der Waals surface area (Å²) in [7, 11) is 0. The molecule has 2 aliphatic heterocycles. The first-order valence-corrected chi connectivity index (χ1v) is 10.3. The highest BCUT2D eigenvalue weighted by molar-refractivity contribution is 5.74. The number of rotatable bonds is 5. The third-order valence-electron chi connectivity index (χ3n) is 5.81. The first kappa shape index (κ1) is 19.6. The molecule has 1 atom stereocenters. The van der Waals surface area contributed by atoms with Crippen molar-refractivity contribution in [2.75, 3.05) is 50.7 Å². The Hall–Kier alpha value is -2.67. The Morgan fingerprint density at radius 2 is 1.90 bits per heavy atom. The fraction of sp³-hybridized carbons (Fsp3) is 0.455. The average Bonchev–Trinajstić information content (AvgIpc) is 3.23. The third-order valence-corrected chi connectivity index (χ3v) is 5.81. The first-order chi connectivity index (χ1) is 14.2. The predicted octanol–water partition coefficient (Wildman–Crippen LogP) is 2.57. The zero-order valence-electron chi connectivity index (χ0n) is 16.6. The highest BCUT2D eigenvalue weighted by Gasteiger charge is 2.25. The van der Waals surface area contributed by atoms with Crippen LogP contribution in [0.25, 0.3) is 0 Å². The fourth-order valence-corrected chi connectivity index (χ4v) is 4.09. The van der Waals surface area contributed by atoms with Gasteiger partial charge >= 0.3 is 6.03 Å². The summed E-state index contributed by atoms with van der Waals surface area (Å²) in [5, 5.41) is 3.11. The lowest BCUT2D eigenvalue weighted by atomic mass is 10.1. The summed E-state index contributed by atoms with van der Waals surface area (Å²) in [6.07, 6.45) is 4.72. The quantitative estimate of drug-likeness (QED) is 0.843. The van der Waals surface area contributed by atoms with E-state index in [1.54, 1.807) is 6.20 Å². The van der Waals surface area contributed by atoms with E-state index in [1.807, 2.05) is 29.3 Å². The van der Waals surface area contributed by atoms with Crippen molar-refractivity contribution in [2.24, 2.45) is 5.92 Å². The van der Waals surface area contributed by atoms with Crippen LogP contribution in [0.4, 0.5) is 14.9 Å². The van der Waals surface area contributed by atoms with Gasteiger partial charge in [-0.2, -0.15) is 0 Å². The van der Waals surface area contributed by atoms with E-state index in [0.29, 0.717) is 12.5 Å². The molecule has 0 bridgehead atoms. The summed E-state index contributed by atoms with van der Waals surface area (Å²) in [4.78, 5) is 23.2. The number of piperazine rings is 1. The molecular weight excluding hydrogens is 369 g/mol. The topological polar surface area (TPSA) is 51.7 Å². The zero-order chi connectivity index (χ0) is 20.1. The number of anilines is 1. The number of hydrogen-bond acceptors (Lipinski definition) is 4. The molecule has 0 unspecified atom stereocenters. The number of nitrogens with one attached hydrogen (secondary N) is 1. The summed E-state index contributed by atoms with van der Waals surface area (Å²) in [5.74, 6) is 0.216. The average molecular weight is 397 g/mol. The second-order valence-corrected chi connectivity index (χ2v) is 7.89. The second kappa shape index (κ2) is 9.22. The Balaban J connectivity index is 1.17. The highest BCUT2D eigenvalue weighted by Crippen LogP contribution is 2.23. The molecule has 0 spiro atoms. The van der Waals surface area contributed by atoms with Crippen LogP contribution in [-0.2, 0) is 6.54 Å². The van der Waals surface area contributed by atoms with Crippen molar-refractivity contribution in [3.05, 3.63) is 60.2 Å². The van der Waals surface area contributed by atoms with Crippen LogP contribution in [0.5, 0.6) is 0 Å². The predicted molar refractivity (Wildman–Crippen MR) is 111 cm³/mol. The van der Waals surface area contributed by atoms with E-state index in [2.05, 4.69) is 26.2 Å². The summed E-state index contributed by atoms with van der Waals surface area (Å²) in [6.45, 7) is 6.66. The molecule has 0 saturated carbocycles. The number of benzene rings is 1. The van der Waals surface area contributed by atoms with Crippen molar-refractivity contribution >= 4 is 11.7 Å². The van der Waals surface area contributed by atoms with E-state index >= 15 is 0 Å². The molecule has 2 aliphatic rings. The maximum Gasteiger partial charge on any atom is 0.317 e. The summed E-state index contributed by atoms with van der Waals surface area (Å²) in [5.41, 5.74) is 2.25. The standard InChI is InChI=1S/C22H28FN5O/c23-20-3-5-21(6-4-20)28-9-7-19(17-28)15-25-22(29)27-12-10-26(11-13-27)16-18-2-1-8-24-14-18/h1-6,8,14,19H,7,9-13,15-17H2,(H,25,29)/t19-/m1/s1. The Morgan fingerprint density at radius 3 is 2.62 bits per heavy atom. The molecular formula is C22H28FN5O. The Morgan fingerprint density at radius 1 is 1.10 bits per heavy atom. The number of amides is 2. The summed E-state index contributed by atoms with van der Waals surface area (Å²) in [6, 6.07) is 10.7. The van der Waals surface area contributed by atoms with E-state index in [-0.39, 0.29) is 11.8 Å². The Bertz CT molecular complexity index is 793. The molecule has 4 rings (SSSR count). The molecule has 3 heterocycles. The van der Waals surface area contributed by atoms with E-state index in [9.17, 15) is 9.18 Å². The normalized spacial score (nSPS) is 20.1. The van der Waals surface area contributed by atoms with E-state index in [4.69, 9.17) is 0 Å². The number of carbonyl (C=O) groups excluding carboxylic acids is 1. The van der Waals surface area contributed by atoms with Gasteiger partial charge in [-0.15, -0.1) is 0 Å². The van der Waals surface area contributed by atoms with Crippen LogP contribution < -0.4 is 10.2 Å². The Labute approximate surface area is 171 Å². The molecule has 0 radical (unpaired) electrons. The molecule has 7 heteroatoms. The molecule has 2 fully saturated rings. The maximum absolute atomic E-state index is 13.1. The monoisotopic (exact) mass is 397 g/mol. The lowest BCUT2D eigenvalue weighted by Gasteiger charge is -2.34. The zero-order valence-corrected chi connectivity index (χ0v) is 16.6. The minimum absolute atomic E-state index is 0.0336. The van der Waals surface area contributed by atoms with Gasteiger partial charge in [-0.25, -0.2) is 9.18 Å². The lowest BCUT2D eigenvalue weighted by molar-refractivity contribution is 0.134. The van der Waals surface area contributed by atoms with Gasteiger partial charge in [0.05, 0.1) is 0 Å². The van der Waals surface area contributed by atoms with Gasteiger partial charge in [-0.1, -0.05) is 6.07 Å². The number of carbonyl (C=O) groups is 1. The number of pyridine rings is 1. The smallest absolute Gasteiger partial charge is 0.317 e. The molecule has 29 heavy (non-hydrogen) atoms. The van der Waals surface area contributed by atoms with Crippen molar-refractivity contribution in [1.29, 1.82) is 0 Å². The van der Waals surface area contributed by atoms with Crippen LogP contribution in [0, 0.1) is 11.7 Å². The van der Waals surface area contributed by atoms with Gasteiger partial charge in [0, 0.05) is 70.4 Å². The van der Waals surface area contributed by atoms with Crippen LogP contribution in [0.2, 0.25) is 0 Å². The van der Waals surface area contributed by atoms with Gasteiger partial charge in [0.2, 0.25) is 0 Å². The van der Waals surface area contributed by atoms with Crippen molar-refractivity contribution in [1.82, 2.24) is 20.1 Å². The van der Waals surface area contributed by atoms with Crippen molar-refractivity contribution in [3.63, 3.8) is 0 Å². The van der Waals surface area contributed by atoms with Crippen LogP contribution in [0.1, 0.15) is 12.0 Å². The molecule has 2 amide bonds.